The molecule has 0 amide bonds. The molecule has 0 atom stereocenters. The molecular formula is C15H23F3OSi. The van der Waals surface area contributed by atoms with Crippen LogP contribution in [0.3, 0.4) is 0 Å². The fourth-order valence-electron chi connectivity index (χ4n) is 1.55. The Bertz CT molecular complexity index is 473. The zero-order valence-corrected chi connectivity index (χ0v) is 14.0. The highest BCUT2D eigenvalue weighted by molar-refractivity contribution is 6.74. The summed E-state index contributed by atoms with van der Waals surface area (Å²) in [5.74, 6) is 0. The predicted octanol–water partition coefficient (Wildman–Crippen LogP) is 5.54. The molecular weight excluding hydrogens is 281 g/mol. The number of halogens is 3. The van der Waals surface area contributed by atoms with Gasteiger partial charge in [-0.15, -0.1) is 0 Å². The summed E-state index contributed by atoms with van der Waals surface area (Å²) in [7, 11) is -2.05. The zero-order valence-electron chi connectivity index (χ0n) is 13.0. The van der Waals surface area contributed by atoms with Crippen molar-refractivity contribution in [1.82, 2.24) is 0 Å². The lowest BCUT2D eigenvalue weighted by Gasteiger charge is -2.36. The largest absolute Gasteiger partial charge is 0.416 e. The highest BCUT2D eigenvalue weighted by Gasteiger charge is 2.38. The number of rotatable bonds is 3. The third-order valence-corrected chi connectivity index (χ3v) is 8.44. The van der Waals surface area contributed by atoms with Gasteiger partial charge in [0.1, 0.15) is 0 Å². The molecule has 1 aromatic carbocycles. The molecule has 0 bridgehead atoms. The molecule has 0 N–H and O–H groups in total. The van der Waals surface area contributed by atoms with E-state index in [0.29, 0.717) is 5.56 Å². The minimum Gasteiger partial charge on any atom is -0.413 e. The molecule has 1 nitrogen and oxygen atoms in total. The van der Waals surface area contributed by atoms with Gasteiger partial charge < -0.3 is 4.43 Å². The lowest BCUT2D eigenvalue weighted by atomic mass is 10.0. The normalized spacial score (nSPS) is 13.7. The molecule has 5 heteroatoms. The summed E-state index contributed by atoms with van der Waals surface area (Å²) in [6, 6.07) is 4.40. The van der Waals surface area contributed by atoms with Crippen molar-refractivity contribution in [2.24, 2.45) is 0 Å². The SMILES string of the molecule is Cc1ccc(CO[Si](C)(C)C(C)(C)C)c(C(F)(F)F)c1. The maximum atomic E-state index is 13.0. The Hall–Kier alpha value is -0.813. The van der Waals surface area contributed by atoms with Crippen LogP contribution in [0.4, 0.5) is 13.2 Å². The van der Waals surface area contributed by atoms with Crippen LogP contribution in [-0.2, 0) is 17.2 Å². The average molecular weight is 304 g/mol. The van der Waals surface area contributed by atoms with E-state index in [1.165, 1.54) is 12.1 Å². The first kappa shape index (κ1) is 17.2. The van der Waals surface area contributed by atoms with E-state index in [-0.39, 0.29) is 17.2 Å². The second-order valence-corrected chi connectivity index (χ2v) is 11.5. The maximum Gasteiger partial charge on any atom is 0.416 e. The molecule has 0 aliphatic carbocycles. The molecule has 0 radical (unpaired) electrons. The fourth-order valence-corrected chi connectivity index (χ4v) is 2.50. The highest BCUT2D eigenvalue weighted by atomic mass is 28.4. The molecule has 0 aromatic heterocycles. The van der Waals surface area contributed by atoms with Crippen molar-refractivity contribution in [1.29, 1.82) is 0 Å². The molecule has 1 aromatic rings. The Labute approximate surface area is 120 Å². The third kappa shape index (κ3) is 4.09. The first-order valence-corrected chi connectivity index (χ1v) is 9.56. The molecule has 0 aliphatic heterocycles. The summed E-state index contributed by atoms with van der Waals surface area (Å²) >= 11 is 0. The van der Waals surface area contributed by atoms with E-state index in [1.54, 1.807) is 13.0 Å². The van der Waals surface area contributed by atoms with Crippen LogP contribution in [0.15, 0.2) is 18.2 Å². The third-order valence-electron chi connectivity index (χ3n) is 3.97. The van der Waals surface area contributed by atoms with Gasteiger partial charge in [-0.05, 0) is 36.7 Å². The second-order valence-electron chi connectivity index (χ2n) is 6.71. The van der Waals surface area contributed by atoms with Gasteiger partial charge in [0, 0.05) is 0 Å². The van der Waals surface area contributed by atoms with Gasteiger partial charge in [0.2, 0.25) is 0 Å². The summed E-state index contributed by atoms with van der Waals surface area (Å²) in [6.07, 6.45) is -4.34. The minimum atomic E-state index is -4.34. The smallest absolute Gasteiger partial charge is 0.413 e. The van der Waals surface area contributed by atoms with E-state index in [4.69, 9.17) is 4.43 Å². The van der Waals surface area contributed by atoms with Crippen molar-refractivity contribution < 1.29 is 17.6 Å². The van der Waals surface area contributed by atoms with E-state index in [1.807, 2.05) is 13.1 Å². The first-order chi connectivity index (χ1) is 8.84. The Morgan fingerprint density at radius 2 is 1.65 bits per heavy atom. The van der Waals surface area contributed by atoms with Gasteiger partial charge in [0.25, 0.3) is 0 Å². The van der Waals surface area contributed by atoms with E-state index in [9.17, 15) is 13.2 Å². The maximum absolute atomic E-state index is 13.0. The Balaban J connectivity index is 3.00. The van der Waals surface area contributed by atoms with Crippen LogP contribution in [0.5, 0.6) is 0 Å². The van der Waals surface area contributed by atoms with Crippen LogP contribution in [0.25, 0.3) is 0 Å². The van der Waals surface area contributed by atoms with Crippen molar-refractivity contribution in [2.75, 3.05) is 0 Å². The quantitative estimate of drug-likeness (QED) is 0.667. The van der Waals surface area contributed by atoms with Crippen molar-refractivity contribution in [3.05, 3.63) is 34.9 Å². The Kier molecular flexibility index (Phi) is 4.76. The standard InChI is InChI=1S/C15H23F3OSi/c1-11-7-8-12(13(9-11)15(16,17)18)10-19-20(5,6)14(2,3)4/h7-9H,10H2,1-6H3. The molecule has 1 rings (SSSR count). The number of aryl methyl sites for hydroxylation is 1. The van der Waals surface area contributed by atoms with Crippen molar-refractivity contribution in [3.8, 4) is 0 Å². The van der Waals surface area contributed by atoms with Crippen LogP contribution in [-0.4, -0.2) is 8.32 Å². The number of hydrogen-bond acceptors (Lipinski definition) is 1. The molecule has 0 fully saturated rings. The number of benzene rings is 1. The fraction of sp³-hybridized carbons (Fsp3) is 0.600. The van der Waals surface area contributed by atoms with Crippen LogP contribution in [0, 0.1) is 6.92 Å². The summed E-state index contributed by atoms with van der Waals surface area (Å²) in [4.78, 5) is 0. The van der Waals surface area contributed by atoms with Gasteiger partial charge in [0.05, 0.1) is 12.2 Å². The van der Waals surface area contributed by atoms with Crippen LogP contribution in [0.2, 0.25) is 18.1 Å². The summed E-state index contributed by atoms with van der Waals surface area (Å²) in [5.41, 5.74) is 0.234. The van der Waals surface area contributed by atoms with Gasteiger partial charge in [-0.25, -0.2) is 0 Å². The van der Waals surface area contributed by atoms with Gasteiger partial charge >= 0.3 is 6.18 Å². The Morgan fingerprint density at radius 3 is 2.10 bits per heavy atom. The van der Waals surface area contributed by atoms with Gasteiger partial charge in [0.15, 0.2) is 8.32 Å². The first-order valence-electron chi connectivity index (χ1n) is 6.65. The Morgan fingerprint density at radius 1 is 1.10 bits per heavy atom. The minimum absolute atomic E-state index is 0.0178. The molecule has 0 unspecified atom stereocenters. The lowest BCUT2D eigenvalue weighted by Crippen LogP contribution is -2.40. The predicted molar refractivity (Wildman–Crippen MR) is 78.2 cm³/mol. The van der Waals surface area contributed by atoms with Gasteiger partial charge in [-0.2, -0.15) is 13.2 Å². The summed E-state index contributed by atoms with van der Waals surface area (Å²) < 4.78 is 45.0. The zero-order chi connectivity index (χ0) is 15.8. The monoisotopic (exact) mass is 304 g/mol. The van der Waals surface area contributed by atoms with Crippen molar-refractivity contribution in [2.45, 2.75) is 58.6 Å². The molecule has 114 valence electrons. The summed E-state index contributed by atoms with van der Waals surface area (Å²) in [5, 5.41) is -0.0178. The lowest BCUT2D eigenvalue weighted by molar-refractivity contribution is -0.138. The molecule has 0 saturated carbocycles. The van der Waals surface area contributed by atoms with Gasteiger partial charge in [-0.1, -0.05) is 38.5 Å². The van der Waals surface area contributed by atoms with Crippen molar-refractivity contribution >= 4 is 8.32 Å². The molecule has 0 aliphatic rings. The van der Waals surface area contributed by atoms with Crippen LogP contribution < -0.4 is 0 Å². The van der Waals surface area contributed by atoms with E-state index in [2.05, 4.69) is 20.8 Å². The van der Waals surface area contributed by atoms with E-state index in [0.717, 1.165) is 0 Å². The second kappa shape index (κ2) is 5.52. The van der Waals surface area contributed by atoms with Crippen LogP contribution >= 0.6 is 0 Å². The molecule has 0 spiro atoms. The van der Waals surface area contributed by atoms with Gasteiger partial charge in [-0.3, -0.25) is 0 Å². The number of alkyl halides is 3. The van der Waals surface area contributed by atoms with E-state index >= 15 is 0 Å². The van der Waals surface area contributed by atoms with Crippen molar-refractivity contribution in [3.63, 3.8) is 0 Å². The molecule has 20 heavy (non-hydrogen) atoms. The van der Waals surface area contributed by atoms with Crippen LogP contribution in [0.1, 0.15) is 37.5 Å². The topological polar surface area (TPSA) is 9.23 Å². The highest BCUT2D eigenvalue weighted by Crippen LogP contribution is 2.38. The van der Waals surface area contributed by atoms with E-state index < -0.39 is 20.1 Å². The molecule has 0 saturated heterocycles. The molecule has 0 heterocycles. The number of hydrogen-bond donors (Lipinski definition) is 0. The average Bonchev–Trinajstić information content (AvgIpc) is 2.24. The summed E-state index contributed by atoms with van der Waals surface area (Å²) in [6.45, 7) is 12.0.